The predicted octanol–water partition coefficient (Wildman–Crippen LogP) is 3.73. The number of amides is 1. The topological polar surface area (TPSA) is 75.5 Å². The summed E-state index contributed by atoms with van der Waals surface area (Å²) < 4.78 is 55.8. The maximum Gasteiger partial charge on any atom is 0.257 e. The van der Waals surface area contributed by atoms with Crippen LogP contribution in [0.2, 0.25) is 0 Å². The lowest BCUT2D eigenvalue weighted by Crippen LogP contribution is -2.50. The Bertz CT molecular complexity index is 1310. The molecule has 1 aliphatic heterocycles. The Hall–Kier alpha value is -3.11. The normalized spacial score (nSPS) is 15.2. The molecule has 4 rings (SSSR count). The highest BCUT2D eigenvalue weighted by Gasteiger charge is 2.33. The zero-order valence-corrected chi connectivity index (χ0v) is 20.0. The molecule has 180 valence electrons. The van der Waals surface area contributed by atoms with Crippen LogP contribution in [-0.4, -0.2) is 59.5 Å². The molecule has 3 aromatic rings. The van der Waals surface area contributed by atoms with Gasteiger partial charge in [-0.05, 0) is 37.1 Å². The van der Waals surface area contributed by atoms with Gasteiger partial charge in [-0.3, -0.25) is 4.79 Å². The molecule has 7 nitrogen and oxygen atoms in total. The quantitative estimate of drug-likeness (QED) is 0.549. The first-order valence-electron chi connectivity index (χ1n) is 11.0. The fourth-order valence-corrected chi connectivity index (χ4v) is 5.56. The number of carbonyl (C=O) groups excluding carboxylic acids is 1. The van der Waals surface area contributed by atoms with Gasteiger partial charge in [0.05, 0.1) is 23.1 Å². The van der Waals surface area contributed by atoms with Crippen LogP contribution in [0.5, 0.6) is 0 Å². The summed E-state index contributed by atoms with van der Waals surface area (Å²) in [5.41, 5.74) is 3.21. The van der Waals surface area contributed by atoms with Crippen molar-refractivity contribution >= 4 is 15.9 Å². The summed E-state index contributed by atoms with van der Waals surface area (Å²) in [6, 6.07) is 10.2. The molecule has 0 saturated carbocycles. The van der Waals surface area contributed by atoms with Gasteiger partial charge in [0.2, 0.25) is 10.0 Å². The van der Waals surface area contributed by atoms with E-state index in [1.165, 1.54) is 0 Å². The minimum absolute atomic E-state index is 0.00794. The molecule has 1 saturated heterocycles. The van der Waals surface area contributed by atoms with Crippen LogP contribution in [0.4, 0.5) is 8.78 Å². The Morgan fingerprint density at radius 2 is 1.65 bits per heavy atom. The smallest absolute Gasteiger partial charge is 0.257 e. The largest absolute Gasteiger partial charge is 0.336 e. The lowest BCUT2D eigenvalue weighted by Gasteiger charge is -2.34. The van der Waals surface area contributed by atoms with Crippen LogP contribution in [0.3, 0.4) is 0 Å². The molecule has 1 aromatic heterocycles. The summed E-state index contributed by atoms with van der Waals surface area (Å²) >= 11 is 0. The van der Waals surface area contributed by atoms with E-state index < -0.39 is 26.6 Å². The van der Waals surface area contributed by atoms with Crippen LogP contribution in [0.1, 0.15) is 41.4 Å². The highest BCUT2D eigenvalue weighted by atomic mass is 32.2. The van der Waals surface area contributed by atoms with Crippen molar-refractivity contribution in [1.29, 1.82) is 0 Å². The Morgan fingerprint density at radius 1 is 1.00 bits per heavy atom. The van der Waals surface area contributed by atoms with Gasteiger partial charge in [0, 0.05) is 32.2 Å². The van der Waals surface area contributed by atoms with E-state index >= 15 is 0 Å². The van der Waals surface area contributed by atoms with E-state index in [-0.39, 0.29) is 38.0 Å². The summed E-state index contributed by atoms with van der Waals surface area (Å²) in [6.07, 6.45) is 1.55. The molecular weight excluding hydrogens is 462 g/mol. The second-order valence-corrected chi connectivity index (χ2v) is 10.5. The van der Waals surface area contributed by atoms with Crippen molar-refractivity contribution in [2.24, 2.45) is 0 Å². The molecule has 0 unspecified atom stereocenters. The van der Waals surface area contributed by atoms with Crippen molar-refractivity contribution < 1.29 is 22.0 Å². The Morgan fingerprint density at radius 3 is 2.24 bits per heavy atom. The van der Waals surface area contributed by atoms with E-state index in [2.05, 4.69) is 5.10 Å². The molecule has 0 bridgehead atoms. The lowest BCUT2D eigenvalue weighted by molar-refractivity contribution is 0.0696. The van der Waals surface area contributed by atoms with E-state index in [4.69, 9.17) is 0 Å². The van der Waals surface area contributed by atoms with Crippen molar-refractivity contribution in [2.75, 3.05) is 26.2 Å². The fraction of sp³-hybridized carbons (Fsp3) is 0.333. The number of aromatic nitrogens is 2. The molecule has 0 atom stereocenters. The van der Waals surface area contributed by atoms with Gasteiger partial charge in [-0.15, -0.1) is 0 Å². The number of benzene rings is 2. The molecule has 2 aromatic carbocycles. The lowest BCUT2D eigenvalue weighted by atomic mass is 10.0. The average Bonchev–Trinajstić information content (AvgIpc) is 3.24. The van der Waals surface area contributed by atoms with Crippen molar-refractivity contribution in [1.82, 2.24) is 19.0 Å². The minimum Gasteiger partial charge on any atom is -0.336 e. The summed E-state index contributed by atoms with van der Waals surface area (Å²) in [5.74, 6) is -2.19. The monoisotopic (exact) mass is 488 g/mol. The number of nitrogens with zero attached hydrogens (tertiary/aromatic N) is 4. The van der Waals surface area contributed by atoms with Crippen LogP contribution < -0.4 is 0 Å². The third-order valence-electron chi connectivity index (χ3n) is 5.90. The zero-order chi connectivity index (χ0) is 24.6. The summed E-state index contributed by atoms with van der Waals surface area (Å²) in [4.78, 5) is 14.3. The molecule has 0 N–H and O–H groups in total. The van der Waals surface area contributed by atoms with Crippen molar-refractivity contribution in [3.05, 3.63) is 77.1 Å². The molecule has 0 radical (unpaired) electrons. The van der Waals surface area contributed by atoms with Gasteiger partial charge < -0.3 is 4.90 Å². The number of aryl methyl sites for hydroxylation is 1. The highest BCUT2D eigenvalue weighted by molar-refractivity contribution is 7.89. The molecule has 1 fully saturated rings. The zero-order valence-electron chi connectivity index (χ0n) is 19.2. The Balaban J connectivity index is 1.53. The number of hydrogen-bond donors (Lipinski definition) is 0. The van der Waals surface area contributed by atoms with Crippen LogP contribution in [0, 0.1) is 18.6 Å². The first kappa shape index (κ1) is 24.0. The molecule has 0 aliphatic carbocycles. The number of carbonyl (C=O) groups is 1. The molecule has 1 aliphatic rings. The summed E-state index contributed by atoms with van der Waals surface area (Å²) in [5, 5.41) is 4.45. The number of piperazine rings is 1. The van der Waals surface area contributed by atoms with Crippen LogP contribution >= 0.6 is 0 Å². The second-order valence-electron chi connectivity index (χ2n) is 8.62. The molecule has 34 heavy (non-hydrogen) atoms. The molecule has 10 heteroatoms. The predicted molar refractivity (Wildman–Crippen MR) is 123 cm³/mol. The molecule has 0 spiro atoms. The molecular formula is C24H26F2N4O3S. The standard InChI is InChI=1S/C24H26F2N4O3S/c1-16(2)23-20(15-27-30(23)19-7-4-17(3)5-8-19)24(31)28-10-12-29(13-11-28)34(32,33)22-9-6-18(25)14-21(22)26/h4-9,14-16H,10-13H2,1-3H3. The van der Waals surface area contributed by atoms with E-state index in [0.717, 1.165) is 33.4 Å². The van der Waals surface area contributed by atoms with Gasteiger partial charge >= 0.3 is 0 Å². The van der Waals surface area contributed by atoms with Crippen molar-refractivity contribution in [3.63, 3.8) is 0 Å². The molecule has 1 amide bonds. The van der Waals surface area contributed by atoms with Crippen molar-refractivity contribution in [2.45, 2.75) is 31.6 Å². The number of halogens is 2. The first-order valence-corrected chi connectivity index (χ1v) is 12.4. The number of rotatable bonds is 5. The van der Waals surface area contributed by atoms with E-state index in [9.17, 15) is 22.0 Å². The fourth-order valence-electron chi connectivity index (χ4n) is 4.10. The molecule has 2 heterocycles. The number of hydrogen-bond acceptors (Lipinski definition) is 4. The Labute approximate surface area is 197 Å². The van der Waals surface area contributed by atoms with Gasteiger partial charge in [-0.1, -0.05) is 31.5 Å². The summed E-state index contributed by atoms with van der Waals surface area (Å²) in [6.45, 7) is 6.28. The third-order valence-corrected chi connectivity index (χ3v) is 7.83. The summed E-state index contributed by atoms with van der Waals surface area (Å²) in [7, 11) is -4.14. The van der Waals surface area contributed by atoms with Crippen LogP contribution in [0.15, 0.2) is 53.6 Å². The van der Waals surface area contributed by atoms with Gasteiger partial charge in [0.1, 0.15) is 16.5 Å². The van der Waals surface area contributed by atoms with Crippen LogP contribution in [-0.2, 0) is 10.0 Å². The van der Waals surface area contributed by atoms with Gasteiger partial charge in [-0.25, -0.2) is 21.9 Å². The maximum absolute atomic E-state index is 14.1. The van der Waals surface area contributed by atoms with Gasteiger partial charge in [-0.2, -0.15) is 9.40 Å². The van der Waals surface area contributed by atoms with Crippen molar-refractivity contribution in [3.8, 4) is 5.69 Å². The SMILES string of the molecule is Cc1ccc(-n2ncc(C(=O)N3CCN(S(=O)(=O)c4ccc(F)cc4F)CC3)c2C(C)C)cc1. The van der Waals surface area contributed by atoms with E-state index in [1.54, 1.807) is 15.8 Å². The number of sulfonamides is 1. The van der Waals surface area contributed by atoms with E-state index in [0.29, 0.717) is 11.6 Å². The van der Waals surface area contributed by atoms with E-state index in [1.807, 2.05) is 45.0 Å². The van der Waals surface area contributed by atoms with Gasteiger partial charge in [0.25, 0.3) is 5.91 Å². The highest BCUT2D eigenvalue weighted by Crippen LogP contribution is 2.26. The van der Waals surface area contributed by atoms with Crippen LogP contribution in [0.25, 0.3) is 5.69 Å². The average molecular weight is 489 g/mol. The Kier molecular flexibility index (Phi) is 6.55. The first-order chi connectivity index (χ1) is 16.1. The minimum atomic E-state index is -4.14. The van der Waals surface area contributed by atoms with Gasteiger partial charge in [0.15, 0.2) is 0 Å². The maximum atomic E-state index is 14.1. The second kappa shape index (κ2) is 9.27. The third kappa shape index (κ3) is 4.47.